The average molecular weight is 992 g/mol. The van der Waals surface area contributed by atoms with Crippen LogP contribution < -0.4 is 21.3 Å². The maximum absolute atomic E-state index is 12.6. The predicted octanol–water partition coefficient (Wildman–Crippen LogP) is 4.04. The molecule has 5 aromatic carbocycles. The summed E-state index contributed by atoms with van der Waals surface area (Å²) in [6.45, 7) is 4.37. The summed E-state index contributed by atoms with van der Waals surface area (Å²) < 4.78 is 32.3. The van der Waals surface area contributed by atoms with Crippen LogP contribution in [0.2, 0.25) is 0 Å². The molecule has 6 rings (SSSR count). The minimum absolute atomic E-state index is 0. The van der Waals surface area contributed by atoms with Crippen molar-refractivity contribution >= 4 is 55.0 Å². The normalized spacial score (nSPS) is 10.9. The molecule has 0 unspecified atom stereocenters. The first kappa shape index (κ1) is 56.1. The summed E-state index contributed by atoms with van der Waals surface area (Å²) in [6, 6.07) is 22.0. The Morgan fingerprint density at radius 2 is 1.19 bits per heavy atom. The number of fused-ring (bicyclic) bond motifs is 1. The van der Waals surface area contributed by atoms with Crippen LogP contribution in [0.5, 0.6) is 17.2 Å². The SMILES string of the molecule is Cc1[nH]n(-c2ccc(S(=O)(=O)O)cc2)c(=O)c1N=Nc1ccc([N+](=O)[O-])cc1[O-].O=[N+]([O-])c1ccc(N=Nc2c(O)ccc3ccccc23)c(O)c1.OCCNCCO.OCCNCCO.[Cr].[H+].[H+]. The number of rotatable bonds is 16. The van der Waals surface area contributed by atoms with Crippen LogP contribution in [0.3, 0.4) is 0 Å². The standard InChI is InChI=1S/C16H13N5O7S.C16H11N3O4.2C4H11NO2.Cr/c1-9-15(18-17-13-7-4-11(21(24)25)8-14(13)22)16(23)20(19-9)10-2-5-12(6-3-10)29(26,27)28;20-14-8-5-10-3-1-2-4-12(10)16(14)18-17-13-7-6-11(19(22)23)9-15(13)21;2*6-3-1-5-2-4-7;/h2-8,19,22H,1H3,(H,26,27,28);1-9,20-21H;2*5-7H,1-4H2;/p+1. The summed E-state index contributed by atoms with van der Waals surface area (Å²) in [5, 5.41) is 111. The van der Waals surface area contributed by atoms with Gasteiger partial charge in [-0.05, 0) is 54.8 Å². The van der Waals surface area contributed by atoms with Crippen LogP contribution in [0, 0.1) is 27.2 Å². The van der Waals surface area contributed by atoms with Gasteiger partial charge in [0.2, 0.25) is 0 Å². The fourth-order valence-corrected chi connectivity index (χ4v) is 5.62. The Kier molecular flexibility index (Phi) is 23.5. The van der Waals surface area contributed by atoms with Crippen molar-refractivity contribution in [2.45, 2.75) is 11.8 Å². The number of aryl methyl sites for hydroxylation is 1. The third kappa shape index (κ3) is 17.4. The van der Waals surface area contributed by atoms with E-state index >= 15 is 0 Å². The number of aromatic hydroxyl groups is 2. The van der Waals surface area contributed by atoms with Gasteiger partial charge in [0.15, 0.2) is 5.69 Å². The topological polar surface area (TPSA) is 396 Å². The molecule has 67 heavy (non-hydrogen) atoms. The molecule has 0 amide bonds. The predicted molar refractivity (Wildman–Crippen MR) is 239 cm³/mol. The molecule has 6 aromatic rings. The molecule has 10 N–H and O–H groups in total. The number of H-pyrrole nitrogens is 1. The number of nitro benzene ring substituents is 2. The van der Waals surface area contributed by atoms with Gasteiger partial charge in [-0.15, -0.1) is 15.3 Å². The Hall–Kier alpha value is -7.03. The van der Waals surface area contributed by atoms with Crippen LogP contribution in [0.1, 0.15) is 8.55 Å². The van der Waals surface area contributed by atoms with Gasteiger partial charge in [-0.25, -0.2) is 4.68 Å². The van der Waals surface area contributed by atoms with Gasteiger partial charge in [0, 0.05) is 67.1 Å². The zero-order valence-corrected chi connectivity index (χ0v) is 37.3. The van der Waals surface area contributed by atoms with Gasteiger partial charge >= 0.3 is 2.85 Å². The first-order valence-corrected chi connectivity index (χ1v) is 20.6. The maximum atomic E-state index is 12.6. The van der Waals surface area contributed by atoms with Crippen LogP contribution in [-0.2, 0) is 27.5 Å². The van der Waals surface area contributed by atoms with Crippen molar-refractivity contribution in [2.75, 3.05) is 52.6 Å². The minimum Gasteiger partial charge on any atom is -0.871 e. The van der Waals surface area contributed by atoms with Crippen molar-refractivity contribution in [2.24, 2.45) is 20.5 Å². The summed E-state index contributed by atoms with van der Waals surface area (Å²) in [5.41, 5.74) is -0.624. The zero-order chi connectivity index (χ0) is 48.8. The molecule has 25 nitrogen and oxygen atoms in total. The van der Waals surface area contributed by atoms with Crippen molar-refractivity contribution in [1.29, 1.82) is 0 Å². The minimum atomic E-state index is -4.37. The van der Waals surface area contributed by atoms with Gasteiger partial charge in [0.25, 0.3) is 27.1 Å². The Morgan fingerprint density at radius 3 is 1.70 bits per heavy atom. The van der Waals surface area contributed by atoms with Gasteiger partial charge in [-0.1, -0.05) is 36.1 Å². The molecule has 0 spiro atoms. The van der Waals surface area contributed by atoms with E-state index in [2.05, 4.69) is 36.2 Å². The van der Waals surface area contributed by atoms with E-state index < -0.39 is 31.3 Å². The number of hydrogen-bond donors (Lipinski definition) is 10. The van der Waals surface area contributed by atoms with Crippen molar-refractivity contribution in [1.82, 2.24) is 20.4 Å². The van der Waals surface area contributed by atoms with E-state index in [0.717, 1.165) is 46.5 Å². The van der Waals surface area contributed by atoms with Crippen molar-refractivity contribution in [3.63, 3.8) is 0 Å². The fourth-order valence-electron chi connectivity index (χ4n) is 5.14. The van der Waals surface area contributed by atoms with E-state index in [-0.39, 0.29) is 103 Å². The third-order valence-corrected chi connectivity index (χ3v) is 9.17. The quantitative estimate of drug-likeness (QED) is 0.0215. The average Bonchev–Trinajstić information content (AvgIpc) is 3.58. The molecule has 0 fully saturated rings. The second-order valence-electron chi connectivity index (χ2n) is 13.0. The van der Waals surface area contributed by atoms with Gasteiger partial charge < -0.3 is 46.4 Å². The molecule has 0 aliphatic rings. The van der Waals surface area contributed by atoms with E-state index in [1.165, 1.54) is 37.3 Å². The van der Waals surface area contributed by atoms with Gasteiger partial charge in [0.05, 0.1) is 64.3 Å². The second-order valence-corrected chi connectivity index (χ2v) is 14.4. The summed E-state index contributed by atoms with van der Waals surface area (Å²) in [5.74, 6) is -1.13. The Morgan fingerprint density at radius 1 is 0.687 bits per heavy atom. The molecule has 0 saturated heterocycles. The van der Waals surface area contributed by atoms with E-state index in [9.17, 15) is 48.8 Å². The molecule has 0 bridgehead atoms. The molecule has 0 aliphatic heterocycles. The number of aromatic amines is 1. The van der Waals surface area contributed by atoms with Crippen molar-refractivity contribution < 1.29 is 78.8 Å². The number of hydrogen-bond acceptors (Lipinski definition) is 20. The van der Waals surface area contributed by atoms with Crippen LogP contribution in [0.4, 0.5) is 34.1 Å². The third-order valence-electron chi connectivity index (χ3n) is 8.31. The molecule has 0 atom stereocenters. The zero-order valence-electron chi connectivity index (χ0n) is 37.2. The molecule has 0 aliphatic carbocycles. The number of azo groups is 2. The largest absolute Gasteiger partial charge is 1.00 e. The Balaban J connectivity index is 0.00000103. The van der Waals surface area contributed by atoms with Gasteiger partial charge in [-0.2, -0.15) is 13.5 Å². The molecular formula is C40H47CrN10O15S+. The van der Waals surface area contributed by atoms with Crippen LogP contribution in [-0.4, -0.2) is 116 Å². The van der Waals surface area contributed by atoms with Crippen molar-refractivity contribution in [3.05, 3.63) is 133 Å². The first-order valence-electron chi connectivity index (χ1n) is 19.2. The Labute approximate surface area is 394 Å². The number of non-ortho nitro benzene ring substituents is 2. The van der Waals surface area contributed by atoms with Crippen LogP contribution >= 0.6 is 0 Å². The number of aliphatic hydroxyl groups is 4. The molecular weight excluding hydrogens is 945 g/mol. The first-order chi connectivity index (χ1) is 31.5. The number of phenols is 2. The van der Waals surface area contributed by atoms with E-state index in [1.54, 1.807) is 12.1 Å². The molecule has 1 heterocycles. The summed E-state index contributed by atoms with van der Waals surface area (Å²) in [6.07, 6.45) is 0. The van der Waals surface area contributed by atoms with Crippen LogP contribution in [0.15, 0.2) is 127 Å². The smallest absolute Gasteiger partial charge is 0.871 e. The number of aromatic nitrogens is 2. The number of nitrogens with zero attached hydrogens (tertiary/aromatic N) is 7. The van der Waals surface area contributed by atoms with Gasteiger partial charge in [0.1, 0.15) is 22.9 Å². The summed E-state index contributed by atoms with van der Waals surface area (Å²) in [7, 11) is -4.37. The number of benzene rings is 5. The fraction of sp³-hybridized carbons (Fsp3) is 0.225. The van der Waals surface area contributed by atoms with Gasteiger partial charge in [-0.3, -0.25) is 34.7 Å². The number of phenolic OH excluding ortho intramolecular Hbond substituents is 2. The molecule has 27 heteroatoms. The summed E-state index contributed by atoms with van der Waals surface area (Å²) in [4.78, 5) is 32.2. The van der Waals surface area contributed by atoms with E-state index in [1.807, 2.05) is 18.2 Å². The molecule has 0 saturated carbocycles. The second kappa shape index (κ2) is 28.1. The molecule has 0 radical (unpaired) electrons. The number of nitrogens with one attached hydrogen (secondary N) is 3. The maximum Gasteiger partial charge on any atom is 1.00 e. The number of aliphatic hydroxyl groups excluding tert-OH is 4. The number of nitro groups is 2. The van der Waals surface area contributed by atoms with Crippen LogP contribution in [0.25, 0.3) is 16.5 Å². The summed E-state index contributed by atoms with van der Waals surface area (Å²) >= 11 is 0. The molecule has 358 valence electrons. The van der Waals surface area contributed by atoms with E-state index in [0.29, 0.717) is 37.3 Å². The van der Waals surface area contributed by atoms with E-state index in [4.69, 9.17) is 25.0 Å². The van der Waals surface area contributed by atoms with Crippen molar-refractivity contribution in [3.8, 4) is 22.9 Å². The Bertz CT molecular complexity index is 2780. The molecule has 1 aromatic heterocycles. The monoisotopic (exact) mass is 991 g/mol.